The van der Waals surface area contributed by atoms with Crippen LogP contribution in [0.1, 0.15) is 12.5 Å². The predicted octanol–water partition coefficient (Wildman–Crippen LogP) is 9.70. The standard InChI is InChI=1S/C35H25NO/c1-2-23-7-9-24(10-8-23)25-11-12-27-20-28(14-13-26(27)19-25)30-15-17-33(36-22-30)29-16-18-35-32(21-29)31-5-3-4-6-34(31)37-35/h3-22H,2H2,1H3. The fraction of sp³-hybridized carbons (Fsp3) is 0.0571. The molecule has 7 rings (SSSR count). The number of furan rings is 1. The van der Waals surface area contributed by atoms with E-state index in [0.29, 0.717) is 0 Å². The van der Waals surface area contributed by atoms with Crippen LogP contribution in [0.3, 0.4) is 0 Å². The largest absolute Gasteiger partial charge is 0.456 e. The monoisotopic (exact) mass is 475 g/mol. The Kier molecular flexibility index (Phi) is 5.11. The van der Waals surface area contributed by atoms with Gasteiger partial charge in [-0.3, -0.25) is 4.98 Å². The normalized spacial score (nSPS) is 11.5. The topological polar surface area (TPSA) is 26.0 Å². The summed E-state index contributed by atoms with van der Waals surface area (Å²) in [6.07, 6.45) is 3.03. The third-order valence-corrected chi connectivity index (χ3v) is 7.31. The number of fused-ring (bicyclic) bond motifs is 4. The summed E-state index contributed by atoms with van der Waals surface area (Å²) in [4.78, 5) is 4.81. The molecule has 0 unspecified atom stereocenters. The van der Waals surface area contributed by atoms with Gasteiger partial charge in [0.25, 0.3) is 0 Å². The van der Waals surface area contributed by atoms with Crippen molar-refractivity contribution < 1.29 is 4.42 Å². The van der Waals surface area contributed by atoms with Crippen molar-refractivity contribution in [3.63, 3.8) is 0 Å². The summed E-state index contributed by atoms with van der Waals surface area (Å²) in [6, 6.07) is 40.9. The number of benzene rings is 5. The summed E-state index contributed by atoms with van der Waals surface area (Å²) >= 11 is 0. The number of hydrogen-bond donors (Lipinski definition) is 0. The molecule has 0 saturated heterocycles. The van der Waals surface area contributed by atoms with E-state index in [1.165, 1.54) is 33.0 Å². The molecule has 0 amide bonds. The average molecular weight is 476 g/mol. The maximum atomic E-state index is 5.98. The van der Waals surface area contributed by atoms with Crippen LogP contribution < -0.4 is 0 Å². The number of aryl methyl sites for hydroxylation is 1. The van der Waals surface area contributed by atoms with Crippen LogP contribution in [0.15, 0.2) is 126 Å². The summed E-state index contributed by atoms with van der Waals surface area (Å²) in [5, 5.41) is 4.72. The number of aromatic nitrogens is 1. The van der Waals surface area contributed by atoms with E-state index < -0.39 is 0 Å². The first kappa shape index (κ1) is 21.6. The van der Waals surface area contributed by atoms with Gasteiger partial charge < -0.3 is 4.42 Å². The fourth-order valence-electron chi connectivity index (χ4n) is 5.16. The third-order valence-electron chi connectivity index (χ3n) is 7.31. The number of para-hydroxylation sites is 1. The van der Waals surface area contributed by atoms with Crippen LogP contribution in [0, 0.1) is 0 Å². The second-order valence-electron chi connectivity index (χ2n) is 9.57. The number of nitrogens with zero attached hydrogens (tertiary/aromatic N) is 1. The van der Waals surface area contributed by atoms with Gasteiger partial charge in [-0.15, -0.1) is 0 Å². The van der Waals surface area contributed by atoms with Crippen LogP contribution in [-0.2, 0) is 6.42 Å². The minimum absolute atomic E-state index is 0.902. The van der Waals surface area contributed by atoms with Crippen LogP contribution in [-0.4, -0.2) is 4.98 Å². The van der Waals surface area contributed by atoms with E-state index in [2.05, 4.69) is 97.9 Å². The van der Waals surface area contributed by atoms with E-state index in [1.807, 2.05) is 30.5 Å². The Labute approximate surface area is 215 Å². The van der Waals surface area contributed by atoms with Crippen LogP contribution in [0.5, 0.6) is 0 Å². The van der Waals surface area contributed by atoms with E-state index in [1.54, 1.807) is 0 Å². The fourth-order valence-corrected chi connectivity index (χ4v) is 5.16. The van der Waals surface area contributed by atoms with Crippen molar-refractivity contribution >= 4 is 32.7 Å². The Morgan fingerprint density at radius 3 is 1.92 bits per heavy atom. The van der Waals surface area contributed by atoms with E-state index in [9.17, 15) is 0 Å². The second-order valence-corrected chi connectivity index (χ2v) is 9.57. The molecule has 2 heteroatoms. The van der Waals surface area contributed by atoms with E-state index in [4.69, 9.17) is 9.40 Å². The van der Waals surface area contributed by atoms with Crippen molar-refractivity contribution in [1.29, 1.82) is 0 Å². The third kappa shape index (κ3) is 3.88. The smallest absolute Gasteiger partial charge is 0.135 e. The number of pyridine rings is 1. The summed E-state index contributed by atoms with van der Waals surface area (Å²) in [5.74, 6) is 0. The molecule has 2 nitrogen and oxygen atoms in total. The molecule has 37 heavy (non-hydrogen) atoms. The number of hydrogen-bond acceptors (Lipinski definition) is 2. The lowest BCUT2D eigenvalue weighted by atomic mass is 9.97. The van der Waals surface area contributed by atoms with Gasteiger partial charge in [0.05, 0.1) is 5.69 Å². The molecule has 7 aromatic rings. The highest BCUT2D eigenvalue weighted by Gasteiger charge is 2.09. The SMILES string of the molecule is CCc1ccc(-c2ccc3cc(-c4ccc(-c5ccc6oc7ccccc7c6c5)nc4)ccc3c2)cc1. The Hall–Kier alpha value is -4.69. The van der Waals surface area contributed by atoms with Crippen molar-refractivity contribution in [3.05, 3.63) is 127 Å². The van der Waals surface area contributed by atoms with Crippen LogP contribution in [0.2, 0.25) is 0 Å². The minimum atomic E-state index is 0.902. The zero-order valence-corrected chi connectivity index (χ0v) is 20.6. The van der Waals surface area contributed by atoms with Gasteiger partial charge in [-0.05, 0) is 81.9 Å². The number of rotatable bonds is 4. The van der Waals surface area contributed by atoms with Crippen LogP contribution in [0.4, 0.5) is 0 Å². The molecule has 176 valence electrons. The zero-order chi connectivity index (χ0) is 24.8. The van der Waals surface area contributed by atoms with Gasteiger partial charge in [0.15, 0.2) is 0 Å². The maximum Gasteiger partial charge on any atom is 0.135 e. The molecule has 2 aromatic heterocycles. The Morgan fingerprint density at radius 2 is 1.19 bits per heavy atom. The molecule has 0 spiro atoms. The second kappa shape index (κ2) is 8.76. The average Bonchev–Trinajstić information content (AvgIpc) is 3.35. The highest BCUT2D eigenvalue weighted by atomic mass is 16.3. The van der Waals surface area contributed by atoms with Crippen molar-refractivity contribution in [3.8, 4) is 33.5 Å². The summed E-state index contributed by atoms with van der Waals surface area (Å²) in [6.45, 7) is 2.19. The van der Waals surface area contributed by atoms with Gasteiger partial charge in [0.2, 0.25) is 0 Å². The molecule has 0 atom stereocenters. The van der Waals surface area contributed by atoms with E-state index in [-0.39, 0.29) is 0 Å². The Morgan fingerprint density at radius 1 is 0.541 bits per heavy atom. The summed E-state index contributed by atoms with van der Waals surface area (Å²) < 4.78 is 5.98. The zero-order valence-electron chi connectivity index (χ0n) is 20.6. The highest BCUT2D eigenvalue weighted by Crippen LogP contribution is 2.33. The van der Waals surface area contributed by atoms with E-state index >= 15 is 0 Å². The quantitative estimate of drug-likeness (QED) is 0.253. The maximum absolute atomic E-state index is 5.98. The summed E-state index contributed by atoms with van der Waals surface area (Å²) in [5.41, 5.74) is 10.0. The van der Waals surface area contributed by atoms with Gasteiger partial charge >= 0.3 is 0 Å². The highest BCUT2D eigenvalue weighted by molar-refractivity contribution is 6.06. The first-order chi connectivity index (χ1) is 18.2. The molecule has 0 aliphatic heterocycles. The van der Waals surface area contributed by atoms with Gasteiger partial charge in [0.1, 0.15) is 11.2 Å². The minimum Gasteiger partial charge on any atom is -0.456 e. The molecule has 0 radical (unpaired) electrons. The van der Waals surface area contributed by atoms with Crippen molar-refractivity contribution in [2.45, 2.75) is 13.3 Å². The lowest BCUT2D eigenvalue weighted by molar-refractivity contribution is 0.669. The molecule has 0 aliphatic rings. The van der Waals surface area contributed by atoms with Crippen LogP contribution >= 0.6 is 0 Å². The molecule has 0 bridgehead atoms. The van der Waals surface area contributed by atoms with Gasteiger partial charge in [-0.2, -0.15) is 0 Å². The van der Waals surface area contributed by atoms with Crippen molar-refractivity contribution in [1.82, 2.24) is 4.98 Å². The molecule has 2 heterocycles. The molecule has 5 aromatic carbocycles. The van der Waals surface area contributed by atoms with Gasteiger partial charge in [-0.1, -0.05) is 79.7 Å². The van der Waals surface area contributed by atoms with Crippen LogP contribution in [0.25, 0.3) is 66.2 Å². The molecular formula is C35H25NO. The van der Waals surface area contributed by atoms with Crippen molar-refractivity contribution in [2.75, 3.05) is 0 Å². The lowest BCUT2D eigenvalue weighted by Crippen LogP contribution is -1.86. The predicted molar refractivity (Wildman–Crippen MR) is 155 cm³/mol. The molecule has 0 fully saturated rings. The van der Waals surface area contributed by atoms with Gasteiger partial charge in [0, 0.05) is 28.1 Å². The molecule has 0 N–H and O–H groups in total. The van der Waals surface area contributed by atoms with Gasteiger partial charge in [-0.25, -0.2) is 0 Å². The Bertz CT molecular complexity index is 1890. The molecular weight excluding hydrogens is 450 g/mol. The Balaban J connectivity index is 1.19. The first-order valence-corrected chi connectivity index (χ1v) is 12.8. The molecule has 0 aliphatic carbocycles. The van der Waals surface area contributed by atoms with E-state index in [0.717, 1.165) is 45.2 Å². The summed E-state index contributed by atoms with van der Waals surface area (Å²) in [7, 11) is 0. The lowest BCUT2D eigenvalue weighted by Gasteiger charge is -2.08. The molecule has 0 saturated carbocycles. The van der Waals surface area contributed by atoms with Crippen molar-refractivity contribution in [2.24, 2.45) is 0 Å². The first-order valence-electron chi connectivity index (χ1n) is 12.8.